The van der Waals surface area contributed by atoms with E-state index in [1.54, 1.807) is 12.4 Å². The lowest BCUT2D eigenvalue weighted by molar-refractivity contribution is 0.194. The van der Waals surface area contributed by atoms with Crippen molar-refractivity contribution in [1.29, 1.82) is 0 Å². The number of H-pyrrole nitrogens is 1. The Hall–Kier alpha value is -3.96. The summed E-state index contributed by atoms with van der Waals surface area (Å²) in [4.78, 5) is 25.5. The van der Waals surface area contributed by atoms with Crippen LogP contribution in [0.2, 0.25) is 0 Å². The van der Waals surface area contributed by atoms with Gasteiger partial charge in [-0.05, 0) is 23.8 Å². The molecule has 1 saturated heterocycles. The van der Waals surface area contributed by atoms with E-state index >= 15 is 0 Å². The topological polar surface area (TPSA) is 130 Å². The first-order valence-electron chi connectivity index (χ1n) is 12.0. The highest BCUT2D eigenvalue weighted by Gasteiger charge is 2.20. The molecule has 2 amide bonds. The number of hydrogen-bond donors (Lipinski definition) is 4. The van der Waals surface area contributed by atoms with Crippen molar-refractivity contribution < 1.29 is 14.1 Å². The van der Waals surface area contributed by atoms with E-state index in [2.05, 4.69) is 36.1 Å². The average Bonchev–Trinajstić information content (AvgIpc) is 3.29. The standard InChI is InChI=1S/C26H29N7O3S/c1-26(2,3)21-10-22(33-36-21)31-25(34)30-18-6-4-17(5-7-18)20-14-37-24-19(28-15-29-20)8-9-23(32-24)35-13-16-11-27-12-16/h4-10,14-16,27H,11-13H2,1-3H3,(H,28,29)(H2,30,31,33,34). The zero-order valence-electron chi connectivity index (χ0n) is 20.9. The van der Waals surface area contributed by atoms with E-state index in [1.807, 2.05) is 62.5 Å². The van der Waals surface area contributed by atoms with Gasteiger partial charge in [-0.15, -0.1) is 11.3 Å². The van der Waals surface area contributed by atoms with E-state index in [0.29, 0.717) is 35.7 Å². The molecule has 0 aliphatic carbocycles. The molecule has 4 heterocycles. The number of ether oxygens (including phenoxy) is 1. The third-order valence-electron chi connectivity index (χ3n) is 5.80. The van der Waals surface area contributed by atoms with Gasteiger partial charge in [0.25, 0.3) is 0 Å². The summed E-state index contributed by atoms with van der Waals surface area (Å²) in [6, 6.07) is 12.6. The van der Waals surface area contributed by atoms with Crippen molar-refractivity contribution in [2.45, 2.75) is 26.2 Å². The van der Waals surface area contributed by atoms with E-state index in [9.17, 15) is 4.79 Å². The Kier molecular flexibility index (Phi) is 7.06. The minimum absolute atomic E-state index is 0.191. The van der Waals surface area contributed by atoms with E-state index in [-0.39, 0.29) is 5.41 Å². The molecule has 0 saturated carbocycles. The number of carbonyl (C=O) groups is 1. The van der Waals surface area contributed by atoms with Gasteiger partial charge in [0.05, 0.1) is 18.6 Å². The van der Waals surface area contributed by atoms with Crippen molar-refractivity contribution in [3.8, 4) is 17.1 Å². The summed E-state index contributed by atoms with van der Waals surface area (Å²) in [7, 11) is 0. The minimum Gasteiger partial charge on any atom is -0.477 e. The van der Waals surface area contributed by atoms with E-state index < -0.39 is 6.03 Å². The maximum absolute atomic E-state index is 12.4. The lowest BCUT2D eigenvalue weighted by atomic mass is 9.93. The third-order valence-corrected chi connectivity index (χ3v) is 6.68. The van der Waals surface area contributed by atoms with Crippen molar-refractivity contribution >= 4 is 39.2 Å². The molecule has 0 unspecified atom stereocenters. The second-order valence-corrected chi connectivity index (χ2v) is 10.7. The van der Waals surface area contributed by atoms with Gasteiger partial charge in [-0.3, -0.25) is 5.32 Å². The number of rotatable bonds is 6. The molecule has 1 aliphatic heterocycles. The van der Waals surface area contributed by atoms with Crippen molar-refractivity contribution in [1.82, 2.24) is 25.4 Å². The molecule has 37 heavy (non-hydrogen) atoms. The molecule has 1 fully saturated rings. The number of aromatic nitrogens is 4. The summed E-state index contributed by atoms with van der Waals surface area (Å²) in [5.41, 5.74) is 3.02. The summed E-state index contributed by atoms with van der Waals surface area (Å²) < 4.78 is 11.2. The molecule has 10 nitrogen and oxygen atoms in total. The summed E-state index contributed by atoms with van der Waals surface area (Å²) in [6.45, 7) is 8.67. The molecule has 0 bridgehead atoms. The van der Waals surface area contributed by atoms with Crippen LogP contribution in [0.4, 0.5) is 16.3 Å². The molecule has 4 aromatic rings. The highest BCUT2D eigenvalue weighted by Crippen LogP contribution is 2.25. The molecule has 192 valence electrons. The number of anilines is 2. The number of benzene rings is 1. The summed E-state index contributed by atoms with van der Waals surface area (Å²) in [6.07, 6.45) is 1.65. The highest BCUT2D eigenvalue weighted by molar-refractivity contribution is 7.16. The van der Waals surface area contributed by atoms with Crippen LogP contribution >= 0.6 is 11.3 Å². The number of pyridine rings is 1. The van der Waals surface area contributed by atoms with Crippen LogP contribution in [0.15, 0.2) is 58.7 Å². The van der Waals surface area contributed by atoms with Crippen molar-refractivity contribution in [2.75, 3.05) is 30.3 Å². The molecule has 11 heteroatoms. The van der Waals surface area contributed by atoms with Gasteiger partial charge in [0.15, 0.2) is 5.82 Å². The first kappa shape index (κ1) is 24.7. The fourth-order valence-corrected chi connectivity index (χ4v) is 4.34. The van der Waals surface area contributed by atoms with Gasteiger partial charge in [-0.1, -0.05) is 38.1 Å². The zero-order valence-corrected chi connectivity index (χ0v) is 21.7. The minimum atomic E-state index is -0.401. The molecular formula is C26H29N7O3S. The van der Waals surface area contributed by atoms with Crippen molar-refractivity contribution in [3.63, 3.8) is 0 Å². The van der Waals surface area contributed by atoms with Crippen LogP contribution in [0.25, 0.3) is 21.6 Å². The number of amides is 2. The van der Waals surface area contributed by atoms with Gasteiger partial charge in [0.2, 0.25) is 5.88 Å². The zero-order chi connectivity index (χ0) is 25.8. The van der Waals surface area contributed by atoms with Crippen LogP contribution in [0.5, 0.6) is 5.88 Å². The smallest absolute Gasteiger partial charge is 0.324 e. The van der Waals surface area contributed by atoms with Gasteiger partial charge >= 0.3 is 6.03 Å². The number of urea groups is 1. The van der Waals surface area contributed by atoms with Crippen LogP contribution in [-0.2, 0) is 5.41 Å². The second kappa shape index (κ2) is 10.6. The number of hydrogen-bond acceptors (Lipinski definition) is 8. The number of nitrogens with zero attached hydrogens (tertiary/aromatic N) is 3. The van der Waals surface area contributed by atoms with Crippen molar-refractivity contribution in [2.24, 2.45) is 5.92 Å². The molecule has 1 aliphatic rings. The van der Waals surface area contributed by atoms with Gasteiger partial charge in [-0.25, -0.2) is 14.8 Å². The average molecular weight is 520 g/mol. The molecule has 4 N–H and O–H groups in total. The predicted molar refractivity (Wildman–Crippen MR) is 145 cm³/mol. The molecule has 0 spiro atoms. The Morgan fingerprint density at radius 2 is 1.97 bits per heavy atom. The third kappa shape index (κ3) is 6.25. The highest BCUT2D eigenvalue weighted by atomic mass is 32.1. The predicted octanol–water partition coefficient (Wildman–Crippen LogP) is 5.34. The molecule has 3 aromatic heterocycles. The first-order valence-corrected chi connectivity index (χ1v) is 12.9. The Morgan fingerprint density at radius 1 is 1.16 bits per heavy atom. The second-order valence-electron chi connectivity index (χ2n) is 9.84. The number of aromatic amines is 1. The monoisotopic (exact) mass is 519 g/mol. The maximum atomic E-state index is 12.4. The van der Waals surface area contributed by atoms with Gasteiger partial charge in [0.1, 0.15) is 16.1 Å². The number of fused-ring (bicyclic) bond motifs is 1. The molecule has 1 aromatic carbocycles. The molecule has 5 rings (SSSR count). The lowest BCUT2D eigenvalue weighted by Crippen LogP contribution is -2.45. The first-order chi connectivity index (χ1) is 17.8. The number of carbonyl (C=O) groups excluding carboxylic acids is 1. The van der Waals surface area contributed by atoms with E-state index in [1.165, 1.54) is 11.3 Å². The SMILES string of the molecule is CC(C)(C)c1cc(NC(=O)Nc2ccc(-c3csc4nc(OCC5CNC5)ccc4nc[nH]3)cc2)no1. The quantitative estimate of drug-likeness (QED) is 0.271. The van der Waals surface area contributed by atoms with Crippen LogP contribution in [0.1, 0.15) is 26.5 Å². The van der Waals surface area contributed by atoms with Gasteiger partial charge in [-0.2, -0.15) is 0 Å². The fourth-order valence-electron chi connectivity index (χ4n) is 3.52. The Bertz CT molecular complexity index is 1430. The van der Waals surface area contributed by atoms with Crippen LogP contribution in [0, 0.1) is 5.92 Å². The lowest BCUT2D eigenvalue weighted by Gasteiger charge is -2.26. The Balaban J connectivity index is 1.25. The molecule has 0 radical (unpaired) electrons. The van der Waals surface area contributed by atoms with E-state index in [0.717, 1.165) is 34.7 Å². The maximum Gasteiger partial charge on any atom is 0.324 e. The summed E-state index contributed by atoms with van der Waals surface area (Å²) in [5.74, 6) is 2.20. The van der Waals surface area contributed by atoms with Crippen LogP contribution in [0.3, 0.4) is 0 Å². The fraction of sp³-hybridized carbons (Fsp3) is 0.308. The van der Waals surface area contributed by atoms with E-state index in [4.69, 9.17) is 9.26 Å². The summed E-state index contributed by atoms with van der Waals surface area (Å²) >= 11 is 1.48. The Morgan fingerprint density at radius 3 is 2.68 bits per heavy atom. The Labute approximate surface area is 218 Å². The molecule has 0 atom stereocenters. The van der Waals surface area contributed by atoms with Crippen LogP contribution < -0.4 is 20.7 Å². The summed E-state index contributed by atoms with van der Waals surface area (Å²) in [5, 5.41) is 14.6. The van der Waals surface area contributed by atoms with Crippen LogP contribution in [-0.4, -0.2) is 45.8 Å². The largest absolute Gasteiger partial charge is 0.477 e. The van der Waals surface area contributed by atoms with Crippen molar-refractivity contribution in [3.05, 3.63) is 59.9 Å². The number of nitrogens with one attached hydrogen (secondary N) is 4. The normalized spacial score (nSPS) is 13.6. The molecular weight excluding hydrogens is 490 g/mol. The van der Waals surface area contributed by atoms with Gasteiger partial charge < -0.3 is 24.9 Å². The van der Waals surface area contributed by atoms with Gasteiger partial charge in [0, 0.05) is 47.6 Å².